The van der Waals surface area contributed by atoms with E-state index >= 15 is 0 Å². The lowest BCUT2D eigenvalue weighted by molar-refractivity contribution is 0.208. The average molecular weight is 196 g/mol. The molecule has 0 bridgehead atoms. The lowest BCUT2D eigenvalue weighted by Crippen LogP contribution is -2.33. The normalized spacial score (nSPS) is 24.8. The van der Waals surface area contributed by atoms with Crippen LogP contribution in [0.3, 0.4) is 0 Å². The Balaban J connectivity index is 1.87. The van der Waals surface area contributed by atoms with E-state index in [0.29, 0.717) is 0 Å². The molecule has 0 N–H and O–H groups in total. The number of rotatable bonds is 2. The van der Waals surface area contributed by atoms with Crippen LogP contribution in [-0.2, 0) is 6.42 Å². The van der Waals surface area contributed by atoms with Crippen LogP contribution in [0.25, 0.3) is 0 Å². The second-order valence-electron chi connectivity index (χ2n) is 3.95. The summed E-state index contributed by atoms with van der Waals surface area (Å²) in [5.74, 6) is 0.834. The molecule has 1 aromatic heterocycles. The molecule has 1 unspecified atom stereocenters. The molecule has 13 heavy (non-hydrogen) atoms. The van der Waals surface area contributed by atoms with Gasteiger partial charge in [0.1, 0.15) is 0 Å². The predicted molar refractivity (Wildman–Crippen MR) is 56.0 cm³/mol. The minimum absolute atomic E-state index is 0.834. The summed E-state index contributed by atoms with van der Waals surface area (Å²) in [6.07, 6.45) is 3.90. The van der Waals surface area contributed by atoms with Gasteiger partial charge >= 0.3 is 0 Å². The van der Waals surface area contributed by atoms with E-state index in [1.54, 1.807) is 11.3 Å². The zero-order valence-corrected chi connectivity index (χ0v) is 8.89. The van der Waals surface area contributed by atoms with Crippen LogP contribution in [0.5, 0.6) is 0 Å². The van der Waals surface area contributed by atoms with Gasteiger partial charge in [-0.1, -0.05) is 0 Å². The summed E-state index contributed by atoms with van der Waals surface area (Å²) in [4.78, 5) is 6.77. The molecule has 1 saturated heterocycles. The maximum Gasteiger partial charge on any atom is 0.0794 e. The van der Waals surface area contributed by atoms with Gasteiger partial charge in [-0.15, -0.1) is 11.3 Å². The van der Waals surface area contributed by atoms with Crippen LogP contribution in [0.2, 0.25) is 0 Å². The van der Waals surface area contributed by atoms with Gasteiger partial charge in [0.25, 0.3) is 0 Å². The molecule has 0 amide bonds. The summed E-state index contributed by atoms with van der Waals surface area (Å²) in [6.45, 7) is 2.52. The summed E-state index contributed by atoms with van der Waals surface area (Å²) >= 11 is 1.70. The first kappa shape index (κ1) is 9.16. The number of piperidine rings is 1. The zero-order valence-electron chi connectivity index (χ0n) is 8.07. The number of aromatic nitrogens is 1. The van der Waals surface area contributed by atoms with E-state index in [0.717, 1.165) is 5.92 Å². The van der Waals surface area contributed by atoms with Gasteiger partial charge in [0.2, 0.25) is 0 Å². The van der Waals surface area contributed by atoms with Gasteiger partial charge in [0, 0.05) is 11.9 Å². The van der Waals surface area contributed by atoms with Gasteiger partial charge in [-0.3, -0.25) is 0 Å². The first-order chi connectivity index (χ1) is 6.34. The summed E-state index contributed by atoms with van der Waals surface area (Å²) in [5, 5.41) is 2.18. The van der Waals surface area contributed by atoms with Gasteiger partial charge in [0.15, 0.2) is 0 Å². The molecule has 1 atom stereocenters. The van der Waals surface area contributed by atoms with Crippen molar-refractivity contribution in [2.45, 2.75) is 19.3 Å². The molecule has 0 radical (unpaired) electrons. The summed E-state index contributed by atoms with van der Waals surface area (Å²) < 4.78 is 0. The Labute approximate surface area is 83.6 Å². The van der Waals surface area contributed by atoms with Gasteiger partial charge in [-0.05, 0) is 38.8 Å². The van der Waals surface area contributed by atoms with Crippen molar-refractivity contribution in [2.75, 3.05) is 20.1 Å². The number of hydrogen-bond acceptors (Lipinski definition) is 3. The SMILES string of the molecule is CN1CCCC(Cc2cscn2)C1. The fourth-order valence-corrected chi connectivity index (χ4v) is 2.65. The van der Waals surface area contributed by atoms with Crippen LogP contribution >= 0.6 is 11.3 Å². The van der Waals surface area contributed by atoms with Crippen LogP contribution in [0.4, 0.5) is 0 Å². The molecule has 1 aromatic rings. The van der Waals surface area contributed by atoms with Crippen molar-refractivity contribution in [3.63, 3.8) is 0 Å². The quantitative estimate of drug-likeness (QED) is 0.719. The molecule has 1 fully saturated rings. The largest absolute Gasteiger partial charge is 0.306 e. The van der Waals surface area contributed by atoms with Crippen molar-refractivity contribution in [1.82, 2.24) is 9.88 Å². The molecule has 2 nitrogen and oxygen atoms in total. The average Bonchev–Trinajstić information content (AvgIpc) is 2.57. The van der Waals surface area contributed by atoms with Crippen molar-refractivity contribution in [3.8, 4) is 0 Å². The molecule has 0 saturated carbocycles. The minimum atomic E-state index is 0.834. The molecular weight excluding hydrogens is 180 g/mol. The highest BCUT2D eigenvalue weighted by molar-refractivity contribution is 7.07. The van der Waals surface area contributed by atoms with E-state index in [2.05, 4.69) is 22.3 Å². The van der Waals surface area contributed by atoms with E-state index in [9.17, 15) is 0 Å². The molecule has 0 spiro atoms. The first-order valence-electron chi connectivity index (χ1n) is 4.90. The summed E-state index contributed by atoms with van der Waals surface area (Å²) in [6, 6.07) is 0. The molecule has 2 rings (SSSR count). The van der Waals surface area contributed by atoms with Crippen molar-refractivity contribution in [2.24, 2.45) is 5.92 Å². The Hall–Kier alpha value is -0.410. The van der Waals surface area contributed by atoms with Gasteiger partial charge in [-0.2, -0.15) is 0 Å². The van der Waals surface area contributed by atoms with E-state index < -0.39 is 0 Å². The maximum absolute atomic E-state index is 4.34. The third kappa shape index (κ3) is 2.51. The lowest BCUT2D eigenvalue weighted by atomic mass is 9.94. The van der Waals surface area contributed by atoms with Crippen LogP contribution in [0, 0.1) is 5.92 Å². The third-order valence-corrected chi connectivity index (χ3v) is 3.34. The Bertz CT molecular complexity index is 245. The second kappa shape index (κ2) is 4.20. The predicted octanol–water partition coefficient (Wildman–Crippen LogP) is 2.03. The van der Waals surface area contributed by atoms with Crippen LogP contribution < -0.4 is 0 Å². The van der Waals surface area contributed by atoms with Crippen molar-refractivity contribution >= 4 is 11.3 Å². The van der Waals surface area contributed by atoms with Crippen LogP contribution in [0.15, 0.2) is 10.9 Å². The van der Waals surface area contributed by atoms with Crippen LogP contribution in [-0.4, -0.2) is 30.0 Å². The highest BCUT2D eigenvalue weighted by atomic mass is 32.1. The molecule has 0 aliphatic carbocycles. The molecule has 1 aliphatic rings. The fourth-order valence-electron chi connectivity index (χ4n) is 2.07. The monoisotopic (exact) mass is 196 g/mol. The second-order valence-corrected chi connectivity index (χ2v) is 4.67. The summed E-state index contributed by atoms with van der Waals surface area (Å²) in [7, 11) is 2.22. The van der Waals surface area contributed by atoms with Crippen molar-refractivity contribution < 1.29 is 0 Å². The van der Waals surface area contributed by atoms with Crippen molar-refractivity contribution in [3.05, 3.63) is 16.6 Å². The Kier molecular flexibility index (Phi) is 2.96. The molecule has 3 heteroatoms. The maximum atomic E-state index is 4.34. The minimum Gasteiger partial charge on any atom is -0.306 e. The molecule has 2 heterocycles. The lowest BCUT2D eigenvalue weighted by Gasteiger charge is -2.29. The highest BCUT2D eigenvalue weighted by Crippen LogP contribution is 2.19. The molecule has 0 aromatic carbocycles. The molecule has 1 aliphatic heterocycles. The fraction of sp³-hybridized carbons (Fsp3) is 0.700. The van der Waals surface area contributed by atoms with E-state index in [1.807, 2.05) is 5.51 Å². The Morgan fingerprint density at radius 3 is 3.31 bits per heavy atom. The van der Waals surface area contributed by atoms with Gasteiger partial charge in [-0.25, -0.2) is 4.98 Å². The first-order valence-corrected chi connectivity index (χ1v) is 5.84. The van der Waals surface area contributed by atoms with Crippen LogP contribution in [0.1, 0.15) is 18.5 Å². The zero-order chi connectivity index (χ0) is 9.10. The number of likely N-dealkylation sites (tertiary alicyclic amines) is 1. The van der Waals surface area contributed by atoms with Crippen molar-refractivity contribution in [1.29, 1.82) is 0 Å². The molecule has 72 valence electrons. The Morgan fingerprint density at radius 2 is 2.62 bits per heavy atom. The third-order valence-electron chi connectivity index (χ3n) is 2.70. The molecular formula is C10H16N2S. The Morgan fingerprint density at radius 1 is 1.69 bits per heavy atom. The number of hydrogen-bond donors (Lipinski definition) is 0. The number of nitrogens with zero attached hydrogens (tertiary/aromatic N) is 2. The standard InChI is InChI=1S/C10H16N2S/c1-12-4-2-3-9(6-12)5-10-7-13-8-11-10/h7-9H,2-6H2,1H3. The smallest absolute Gasteiger partial charge is 0.0794 e. The summed E-state index contributed by atoms with van der Waals surface area (Å²) in [5.41, 5.74) is 3.22. The number of thiazole rings is 1. The van der Waals surface area contributed by atoms with Gasteiger partial charge < -0.3 is 4.90 Å². The highest BCUT2D eigenvalue weighted by Gasteiger charge is 2.17. The van der Waals surface area contributed by atoms with E-state index in [-0.39, 0.29) is 0 Å². The van der Waals surface area contributed by atoms with E-state index in [4.69, 9.17) is 0 Å². The van der Waals surface area contributed by atoms with E-state index in [1.165, 1.54) is 38.0 Å². The topological polar surface area (TPSA) is 16.1 Å². The van der Waals surface area contributed by atoms with Gasteiger partial charge in [0.05, 0.1) is 11.2 Å².